The second-order valence-corrected chi connectivity index (χ2v) is 6.57. The van der Waals surface area contributed by atoms with Gasteiger partial charge in [0.15, 0.2) is 0 Å². The molecule has 0 unspecified atom stereocenters. The molecule has 0 aliphatic carbocycles. The minimum atomic E-state index is 0.0337. The lowest BCUT2D eigenvalue weighted by molar-refractivity contribution is -0.136. The first kappa shape index (κ1) is 17.5. The summed E-state index contributed by atoms with van der Waals surface area (Å²) in [7, 11) is 3.49. The van der Waals surface area contributed by atoms with E-state index in [9.17, 15) is 4.79 Å². The fourth-order valence-electron chi connectivity index (χ4n) is 3.60. The van der Waals surface area contributed by atoms with Crippen LogP contribution in [0.1, 0.15) is 35.8 Å². The smallest absolute Gasteiger partial charge is 0.248 e. The maximum absolute atomic E-state index is 12.2. The van der Waals surface area contributed by atoms with Gasteiger partial charge in [0.1, 0.15) is 6.61 Å². The van der Waals surface area contributed by atoms with E-state index in [2.05, 4.69) is 15.1 Å². The van der Waals surface area contributed by atoms with Crippen LogP contribution in [0, 0.1) is 13.8 Å². The van der Waals surface area contributed by atoms with Crippen LogP contribution in [-0.2, 0) is 16.6 Å². The van der Waals surface area contributed by atoms with Gasteiger partial charge in [-0.15, -0.1) is 0 Å². The predicted octanol–water partition coefficient (Wildman–Crippen LogP) is 1.85. The summed E-state index contributed by atoms with van der Waals surface area (Å²) in [4.78, 5) is 23.3. The second-order valence-electron chi connectivity index (χ2n) is 6.57. The molecule has 7 heteroatoms. The molecule has 0 aromatic carbocycles. The van der Waals surface area contributed by atoms with E-state index < -0.39 is 0 Å². The van der Waals surface area contributed by atoms with Crippen molar-refractivity contribution >= 4 is 5.91 Å². The highest BCUT2D eigenvalue weighted by Crippen LogP contribution is 2.34. The molecule has 1 saturated heterocycles. The van der Waals surface area contributed by atoms with Crippen molar-refractivity contribution in [3.8, 4) is 11.3 Å². The number of rotatable bonds is 4. The molecule has 2 aromatic rings. The molecule has 25 heavy (non-hydrogen) atoms. The van der Waals surface area contributed by atoms with E-state index in [0.717, 1.165) is 47.7 Å². The van der Waals surface area contributed by atoms with Gasteiger partial charge >= 0.3 is 0 Å². The molecule has 2 aromatic heterocycles. The highest BCUT2D eigenvalue weighted by Gasteiger charge is 2.29. The van der Waals surface area contributed by atoms with Crippen LogP contribution >= 0.6 is 0 Å². The summed E-state index contributed by atoms with van der Waals surface area (Å²) >= 11 is 0. The number of piperidine rings is 1. The summed E-state index contributed by atoms with van der Waals surface area (Å²) in [5.74, 6) is 0.212. The van der Waals surface area contributed by atoms with Crippen molar-refractivity contribution in [2.45, 2.75) is 32.6 Å². The Morgan fingerprint density at radius 2 is 2.08 bits per heavy atom. The number of nitrogens with zero attached hydrogens (tertiary/aromatic N) is 5. The Labute approximate surface area is 148 Å². The fourth-order valence-corrected chi connectivity index (χ4v) is 3.60. The van der Waals surface area contributed by atoms with Gasteiger partial charge in [-0.05, 0) is 26.7 Å². The highest BCUT2D eigenvalue weighted by atomic mass is 16.5. The van der Waals surface area contributed by atoms with Gasteiger partial charge in [0.25, 0.3) is 0 Å². The molecule has 0 spiro atoms. The molecule has 134 valence electrons. The Bertz CT molecular complexity index is 771. The van der Waals surface area contributed by atoms with E-state index in [1.54, 1.807) is 19.5 Å². The maximum atomic E-state index is 12.2. The van der Waals surface area contributed by atoms with Crippen LogP contribution in [0.25, 0.3) is 11.3 Å². The Morgan fingerprint density at radius 1 is 1.32 bits per heavy atom. The number of hydrogen-bond donors (Lipinski definition) is 0. The number of aryl methyl sites for hydroxylation is 2. The van der Waals surface area contributed by atoms with Crippen molar-refractivity contribution in [3.05, 3.63) is 29.5 Å². The first-order chi connectivity index (χ1) is 12.0. The minimum Gasteiger partial charge on any atom is -0.375 e. The normalized spacial score (nSPS) is 17.8. The van der Waals surface area contributed by atoms with Crippen LogP contribution in [0.3, 0.4) is 0 Å². The summed E-state index contributed by atoms with van der Waals surface area (Å²) in [6.07, 6.45) is 5.42. The molecule has 0 radical (unpaired) electrons. The molecule has 1 aliphatic rings. The zero-order valence-electron chi connectivity index (χ0n) is 15.3. The van der Waals surface area contributed by atoms with Gasteiger partial charge in [-0.25, -0.2) is 0 Å². The number of carbonyl (C=O) groups is 1. The van der Waals surface area contributed by atoms with Gasteiger partial charge in [-0.2, -0.15) is 5.10 Å². The zero-order chi connectivity index (χ0) is 18.0. The number of likely N-dealkylation sites (tertiary alicyclic amines) is 1. The number of carbonyl (C=O) groups excluding carboxylic acids is 1. The summed E-state index contributed by atoms with van der Waals surface area (Å²) in [5, 5.41) is 4.51. The number of hydrogen-bond acceptors (Lipinski definition) is 5. The molecule has 0 N–H and O–H groups in total. The molecule has 0 saturated carbocycles. The van der Waals surface area contributed by atoms with E-state index in [1.165, 1.54) is 0 Å². The van der Waals surface area contributed by atoms with Crippen LogP contribution in [0.15, 0.2) is 12.4 Å². The monoisotopic (exact) mass is 343 g/mol. The molecule has 3 heterocycles. The Morgan fingerprint density at radius 3 is 2.76 bits per heavy atom. The van der Waals surface area contributed by atoms with E-state index in [-0.39, 0.29) is 18.4 Å². The minimum absolute atomic E-state index is 0.0337. The lowest BCUT2D eigenvalue weighted by Crippen LogP contribution is -2.41. The van der Waals surface area contributed by atoms with E-state index >= 15 is 0 Å². The van der Waals surface area contributed by atoms with E-state index in [1.807, 2.05) is 30.5 Å². The van der Waals surface area contributed by atoms with Crippen molar-refractivity contribution in [3.63, 3.8) is 0 Å². The van der Waals surface area contributed by atoms with Gasteiger partial charge in [-0.3, -0.25) is 19.4 Å². The summed E-state index contributed by atoms with van der Waals surface area (Å²) in [6, 6.07) is 0. The topological polar surface area (TPSA) is 73.1 Å². The Hall–Kier alpha value is -2.28. The summed E-state index contributed by atoms with van der Waals surface area (Å²) < 4.78 is 6.87. The van der Waals surface area contributed by atoms with Crippen LogP contribution < -0.4 is 0 Å². The molecule has 3 rings (SSSR count). The summed E-state index contributed by atoms with van der Waals surface area (Å²) in [5.41, 5.74) is 4.91. The third-order valence-corrected chi connectivity index (χ3v) is 4.90. The third-order valence-electron chi connectivity index (χ3n) is 4.90. The Kier molecular flexibility index (Phi) is 5.13. The SMILES string of the molecule is COCC(=O)N1CCC[C@H](c2nccnc2-c2c(C)nn(C)c2C)C1. The fraction of sp³-hybridized carbons (Fsp3) is 0.556. The van der Waals surface area contributed by atoms with Crippen molar-refractivity contribution in [1.29, 1.82) is 0 Å². The van der Waals surface area contributed by atoms with Crippen molar-refractivity contribution < 1.29 is 9.53 Å². The molecule has 1 atom stereocenters. The molecule has 1 aliphatic heterocycles. The average Bonchev–Trinajstić information content (AvgIpc) is 2.87. The molecule has 0 bridgehead atoms. The molecule has 1 fully saturated rings. The standard InChI is InChI=1S/C18H25N5O2/c1-12-16(13(2)22(3)21-12)18-17(19-7-8-20-18)14-6-5-9-23(10-14)15(24)11-25-4/h7-8,14H,5-6,9-11H2,1-4H3/t14-/m0/s1. The molecular weight excluding hydrogens is 318 g/mol. The molecule has 1 amide bonds. The lowest BCUT2D eigenvalue weighted by atomic mass is 9.91. The number of aromatic nitrogens is 4. The van der Waals surface area contributed by atoms with Crippen LogP contribution in [-0.4, -0.2) is 57.4 Å². The molecular formula is C18H25N5O2. The first-order valence-electron chi connectivity index (χ1n) is 8.61. The molecule has 7 nitrogen and oxygen atoms in total. The zero-order valence-corrected chi connectivity index (χ0v) is 15.3. The van der Waals surface area contributed by atoms with Crippen molar-refractivity contribution in [2.75, 3.05) is 26.8 Å². The number of amides is 1. The maximum Gasteiger partial charge on any atom is 0.248 e. The van der Waals surface area contributed by atoms with Crippen molar-refractivity contribution in [2.24, 2.45) is 7.05 Å². The van der Waals surface area contributed by atoms with Gasteiger partial charge < -0.3 is 9.64 Å². The number of methoxy groups -OCH3 is 1. The highest BCUT2D eigenvalue weighted by molar-refractivity contribution is 5.77. The van der Waals surface area contributed by atoms with Gasteiger partial charge in [-0.1, -0.05) is 0 Å². The van der Waals surface area contributed by atoms with Crippen LogP contribution in [0.4, 0.5) is 0 Å². The van der Waals surface area contributed by atoms with E-state index in [0.29, 0.717) is 6.54 Å². The van der Waals surface area contributed by atoms with Gasteiger partial charge in [0.05, 0.1) is 17.1 Å². The second kappa shape index (κ2) is 7.31. The van der Waals surface area contributed by atoms with Gasteiger partial charge in [0.2, 0.25) is 5.91 Å². The third kappa shape index (κ3) is 3.42. The average molecular weight is 343 g/mol. The largest absolute Gasteiger partial charge is 0.375 e. The first-order valence-corrected chi connectivity index (χ1v) is 8.61. The lowest BCUT2D eigenvalue weighted by Gasteiger charge is -2.33. The Balaban J connectivity index is 1.94. The van der Waals surface area contributed by atoms with Crippen LogP contribution in [0.2, 0.25) is 0 Å². The van der Waals surface area contributed by atoms with Crippen LogP contribution in [0.5, 0.6) is 0 Å². The quantitative estimate of drug-likeness (QED) is 0.847. The van der Waals surface area contributed by atoms with Crippen molar-refractivity contribution in [1.82, 2.24) is 24.6 Å². The number of ether oxygens (including phenoxy) is 1. The summed E-state index contributed by atoms with van der Waals surface area (Å²) in [6.45, 7) is 5.60. The van der Waals surface area contributed by atoms with Gasteiger partial charge in [0, 0.05) is 56.8 Å². The predicted molar refractivity (Wildman–Crippen MR) is 94.1 cm³/mol. The van der Waals surface area contributed by atoms with E-state index in [4.69, 9.17) is 4.74 Å².